The molecule has 8 nitrogen and oxygen atoms in total. The number of nitrogens with one attached hydrogen (secondary N) is 1. The summed E-state index contributed by atoms with van der Waals surface area (Å²) < 4.78 is 13.7. The number of fused-ring (bicyclic) bond motifs is 1. The molecule has 1 aromatic heterocycles. The summed E-state index contributed by atoms with van der Waals surface area (Å²) in [5.41, 5.74) is 2.69. The Morgan fingerprint density at radius 3 is 2.76 bits per heavy atom. The molecule has 2 aromatic carbocycles. The summed E-state index contributed by atoms with van der Waals surface area (Å²) in [5.74, 6) is -1.23. The van der Waals surface area contributed by atoms with E-state index in [0.29, 0.717) is 21.7 Å². The molecular weight excluding hydrogens is 477 g/mol. The second-order valence-corrected chi connectivity index (χ2v) is 10.2. The molecule has 2 aliphatic rings. The van der Waals surface area contributed by atoms with Gasteiger partial charge in [-0.15, -0.1) is 10.2 Å². The van der Waals surface area contributed by atoms with Gasteiger partial charge in [0.2, 0.25) is 22.9 Å². The van der Waals surface area contributed by atoms with E-state index < -0.39 is 5.92 Å². The van der Waals surface area contributed by atoms with Crippen LogP contribution in [0.3, 0.4) is 0 Å². The van der Waals surface area contributed by atoms with Crippen molar-refractivity contribution in [3.8, 4) is 0 Å². The summed E-state index contributed by atoms with van der Waals surface area (Å²) in [6, 6.07) is 13.5. The molecular formula is C23H20FN5O3S2. The summed E-state index contributed by atoms with van der Waals surface area (Å²) >= 11 is 2.47. The van der Waals surface area contributed by atoms with Crippen LogP contribution >= 0.6 is 23.1 Å². The lowest BCUT2D eigenvalue weighted by Gasteiger charge is -2.16. The topological polar surface area (TPSA) is 95.5 Å². The largest absolute Gasteiger partial charge is 0.312 e. The fourth-order valence-corrected chi connectivity index (χ4v) is 5.71. The Labute approximate surface area is 203 Å². The summed E-state index contributed by atoms with van der Waals surface area (Å²) in [5, 5.41) is 11.1. The number of thioether (sulfide) groups is 1. The second kappa shape index (κ2) is 9.51. The minimum Gasteiger partial charge on any atom is -0.312 e. The zero-order valence-corrected chi connectivity index (χ0v) is 19.6. The fourth-order valence-electron chi connectivity index (χ4n) is 4.08. The predicted octanol–water partition coefficient (Wildman–Crippen LogP) is 3.35. The number of para-hydroxylation sites is 1. The number of aromatic nitrogens is 2. The standard InChI is InChI=1S/C23H20FN5O3S2/c24-16-5-7-17(8-6-16)29-12-15(11-19(29)30)21(32)25-22-26-27-23(34-22)33-13-20(31)28-10-9-14-3-1-2-4-18(14)28/h1-8,15H,9-13H2,(H,25,26,32)/t15-/m0/s1. The molecule has 174 valence electrons. The molecule has 3 aromatic rings. The van der Waals surface area contributed by atoms with Crippen LogP contribution in [0, 0.1) is 11.7 Å². The Kier molecular flexibility index (Phi) is 6.29. The van der Waals surface area contributed by atoms with E-state index in [1.807, 2.05) is 24.3 Å². The molecule has 3 amide bonds. The molecule has 1 saturated heterocycles. The maximum atomic E-state index is 13.2. The highest BCUT2D eigenvalue weighted by Gasteiger charge is 2.35. The zero-order chi connectivity index (χ0) is 23.7. The molecule has 0 saturated carbocycles. The molecule has 34 heavy (non-hydrogen) atoms. The molecule has 1 atom stereocenters. The number of amides is 3. The number of nitrogens with zero attached hydrogens (tertiary/aromatic N) is 4. The Hall–Kier alpha value is -3.31. The van der Waals surface area contributed by atoms with Crippen molar-refractivity contribution in [2.24, 2.45) is 5.92 Å². The smallest absolute Gasteiger partial charge is 0.237 e. The van der Waals surface area contributed by atoms with Gasteiger partial charge >= 0.3 is 0 Å². The van der Waals surface area contributed by atoms with Crippen LogP contribution in [0.2, 0.25) is 0 Å². The summed E-state index contributed by atoms with van der Waals surface area (Å²) in [6.07, 6.45) is 0.916. The highest BCUT2D eigenvalue weighted by Crippen LogP contribution is 2.31. The number of benzene rings is 2. The molecule has 0 spiro atoms. The van der Waals surface area contributed by atoms with Crippen molar-refractivity contribution in [3.05, 3.63) is 59.9 Å². The van der Waals surface area contributed by atoms with Crippen molar-refractivity contribution >= 4 is 57.3 Å². The number of halogens is 1. The Morgan fingerprint density at radius 2 is 1.94 bits per heavy atom. The molecule has 1 N–H and O–H groups in total. The van der Waals surface area contributed by atoms with E-state index in [1.165, 1.54) is 57.8 Å². The lowest BCUT2D eigenvalue weighted by atomic mass is 10.1. The number of hydrogen-bond acceptors (Lipinski definition) is 7. The van der Waals surface area contributed by atoms with Crippen LogP contribution in [-0.4, -0.2) is 46.8 Å². The first-order valence-electron chi connectivity index (χ1n) is 10.7. The third-order valence-corrected chi connectivity index (χ3v) is 7.73. The predicted molar refractivity (Wildman–Crippen MR) is 129 cm³/mol. The van der Waals surface area contributed by atoms with Gasteiger partial charge in [0, 0.05) is 30.9 Å². The van der Waals surface area contributed by atoms with Crippen molar-refractivity contribution < 1.29 is 18.8 Å². The molecule has 0 unspecified atom stereocenters. The molecule has 0 aliphatic carbocycles. The Bertz CT molecular complexity index is 1250. The van der Waals surface area contributed by atoms with Gasteiger partial charge in [0.15, 0.2) is 4.34 Å². The number of carbonyl (C=O) groups is 3. The minimum atomic E-state index is -0.547. The molecule has 11 heteroatoms. The van der Waals surface area contributed by atoms with E-state index in [1.54, 1.807) is 4.90 Å². The average molecular weight is 498 g/mol. The lowest BCUT2D eigenvalue weighted by Crippen LogP contribution is -2.30. The normalized spacial score (nSPS) is 17.2. The van der Waals surface area contributed by atoms with E-state index in [4.69, 9.17) is 0 Å². The summed E-state index contributed by atoms with van der Waals surface area (Å²) in [6.45, 7) is 0.883. The maximum absolute atomic E-state index is 13.2. The monoisotopic (exact) mass is 497 g/mol. The van der Waals surface area contributed by atoms with Crippen LogP contribution in [-0.2, 0) is 20.8 Å². The Balaban J connectivity index is 1.14. The third kappa shape index (κ3) is 4.66. The van der Waals surface area contributed by atoms with E-state index in [-0.39, 0.29) is 42.3 Å². The lowest BCUT2D eigenvalue weighted by molar-refractivity contribution is -0.122. The fraction of sp³-hybridized carbons (Fsp3) is 0.261. The van der Waals surface area contributed by atoms with Crippen LogP contribution < -0.4 is 15.1 Å². The Morgan fingerprint density at radius 1 is 1.15 bits per heavy atom. The van der Waals surface area contributed by atoms with Gasteiger partial charge in [-0.3, -0.25) is 14.4 Å². The first-order chi connectivity index (χ1) is 16.5. The van der Waals surface area contributed by atoms with Crippen molar-refractivity contribution in [1.82, 2.24) is 10.2 Å². The van der Waals surface area contributed by atoms with Gasteiger partial charge in [0.05, 0.1) is 11.7 Å². The first-order valence-corrected chi connectivity index (χ1v) is 12.5. The van der Waals surface area contributed by atoms with Gasteiger partial charge < -0.3 is 15.1 Å². The molecule has 5 rings (SSSR count). The van der Waals surface area contributed by atoms with Crippen LogP contribution in [0.4, 0.5) is 20.9 Å². The van der Waals surface area contributed by atoms with Gasteiger partial charge in [-0.2, -0.15) is 0 Å². The van der Waals surface area contributed by atoms with Crippen LogP contribution in [0.1, 0.15) is 12.0 Å². The quantitative estimate of drug-likeness (QED) is 0.415. The van der Waals surface area contributed by atoms with Gasteiger partial charge in [-0.1, -0.05) is 41.3 Å². The maximum Gasteiger partial charge on any atom is 0.237 e. The van der Waals surface area contributed by atoms with Crippen molar-refractivity contribution in [1.29, 1.82) is 0 Å². The van der Waals surface area contributed by atoms with E-state index in [9.17, 15) is 18.8 Å². The second-order valence-electron chi connectivity index (χ2n) is 7.96. The SMILES string of the molecule is O=C(Nc1nnc(SCC(=O)N2CCc3ccccc32)s1)[C@H]1CC(=O)N(c2ccc(F)cc2)C1. The average Bonchev–Trinajstić information content (AvgIpc) is 3.56. The van der Waals surface area contributed by atoms with Crippen molar-refractivity contribution in [2.75, 3.05) is 34.0 Å². The molecule has 0 bridgehead atoms. The number of anilines is 3. The summed E-state index contributed by atoms with van der Waals surface area (Å²) in [7, 11) is 0. The molecule has 0 radical (unpaired) electrons. The van der Waals surface area contributed by atoms with E-state index in [0.717, 1.165) is 12.1 Å². The number of carbonyl (C=O) groups excluding carboxylic acids is 3. The van der Waals surface area contributed by atoms with Crippen LogP contribution in [0.5, 0.6) is 0 Å². The first kappa shape index (κ1) is 22.5. The summed E-state index contributed by atoms with van der Waals surface area (Å²) in [4.78, 5) is 41.0. The van der Waals surface area contributed by atoms with E-state index in [2.05, 4.69) is 15.5 Å². The van der Waals surface area contributed by atoms with Crippen molar-refractivity contribution in [3.63, 3.8) is 0 Å². The third-order valence-electron chi connectivity index (χ3n) is 5.78. The van der Waals surface area contributed by atoms with Gasteiger partial charge in [0.25, 0.3) is 0 Å². The minimum absolute atomic E-state index is 0.00101. The highest BCUT2D eigenvalue weighted by atomic mass is 32.2. The highest BCUT2D eigenvalue weighted by molar-refractivity contribution is 8.01. The van der Waals surface area contributed by atoms with Crippen LogP contribution in [0.25, 0.3) is 0 Å². The van der Waals surface area contributed by atoms with Crippen LogP contribution in [0.15, 0.2) is 52.9 Å². The number of hydrogen-bond donors (Lipinski definition) is 1. The van der Waals surface area contributed by atoms with E-state index >= 15 is 0 Å². The van der Waals surface area contributed by atoms with Crippen molar-refractivity contribution in [2.45, 2.75) is 17.2 Å². The molecule has 3 heterocycles. The van der Waals surface area contributed by atoms with Gasteiger partial charge in [-0.05, 0) is 42.3 Å². The van der Waals surface area contributed by atoms with Gasteiger partial charge in [0.1, 0.15) is 5.82 Å². The van der Waals surface area contributed by atoms with Gasteiger partial charge in [-0.25, -0.2) is 4.39 Å². The molecule has 1 fully saturated rings. The zero-order valence-electron chi connectivity index (χ0n) is 17.9. The molecule has 2 aliphatic heterocycles. The number of rotatable bonds is 6.